The summed E-state index contributed by atoms with van der Waals surface area (Å²) < 4.78 is 0.974. The molecular weight excluding hydrogens is 304 g/mol. The van der Waals surface area contributed by atoms with Gasteiger partial charge in [0.2, 0.25) is 0 Å². The molecule has 0 spiro atoms. The molecule has 1 aromatic heterocycles. The summed E-state index contributed by atoms with van der Waals surface area (Å²) >= 11 is 3.44. The van der Waals surface area contributed by atoms with Gasteiger partial charge in [0.25, 0.3) is 0 Å². The Morgan fingerprint density at radius 3 is 2.79 bits per heavy atom. The topological polar surface area (TPSA) is 36.4 Å². The van der Waals surface area contributed by atoms with Gasteiger partial charge >= 0.3 is 0 Å². The normalized spacial score (nSPS) is 12.2. The molecule has 1 aromatic carbocycles. The van der Waals surface area contributed by atoms with Crippen LogP contribution in [0.5, 0.6) is 0 Å². The van der Waals surface area contributed by atoms with Crippen LogP contribution in [-0.2, 0) is 6.54 Å². The lowest BCUT2D eigenvalue weighted by molar-refractivity contribution is 0.199. The average molecular weight is 321 g/mol. The molecule has 2 rings (SSSR count). The Morgan fingerprint density at radius 1 is 1.37 bits per heavy atom. The second-order valence-electron chi connectivity index (χ2n) is 4.60. The first-order chi connectivity index (χ1) is 9.08. The van der Waals surface area contributed by atoms with Gasteiger partial charge in [-0.2, -0.15) is 0 Å². The number of benzene rings is 1. The number of aliphatic hydroxyl groups excluding tert-OH is 1. The summed E-state index contributed by atoms with van der Waals surface area (Å²) in [5, 5.41) is 9.88. The van der Waals surface area contributed by atoms with Crippen LogP contribution in [0.25, 0.3) is 0 Å². The van der Waals surface area contributed by atoms with Crippen molar-refractivity contribution in [1.82, 2.24) is 4.98 Å². The molecule has 0 fully saturated rings. The Bertz CT molecular complexity index is 543. The van der Waals surface area contributed by atoms with Gasteiger partial charge < -0.3 is 10.0 Å². The number of halogens is 1. The second-order valence-corrected chi connectivity index (χ2v) is 5.51. The molecule has 19 heavy (non-hydrogen) atoms. The molecule has 0 aliphatic rings. The van der Waals surface area contributed by atoms with E-state index in [1.54, 1.807) is 13.1 Å². The second kappa shape index (κ2) is 6.17. The average Bonchev–Trinajstić information content (AvgIpc) is 2.39. The highest BCUT2D eigenvalue weighted by Gasteiger charge is 2.12. The van der Waals surface area contributed by atoms with Crippen molar-refractivity contribution in [1.29, 1.82) is 0 Å². The fourth-order valence-corrected chi connectivity index (χ4v) is 2.44. The van der Waals surface area contributed by atoms with E-state index in [4.69, 9.17) is 0 Å². The maximum absolute atomic E-state index is 9.88. The Kier molecular flexibility index (Phi) is 4.56. The molecule has 4 heteroatoms. The van der Waals surface area contributed by atoms with Crippen LogP contribution in [0.2, 0.25) is 0 Å². The number of hydrogen-bond acceptors (Lipinski definition) is 3. The maximum Gasteiger partial charge on any atom is 0.0782 e. The summed E-state index contributed by atoms with van der Waals surface area (Å²) in [4.78, 5) is 6.24. The van der Waals surface area contributed by atoms with Crippen LogP contribution >= 0.6 is 15.9 Å². The standard InChI is InChI=1S/C15H17BrN2O/c1-11(19)14-8-13(16)5-6-15(14)18(2)10-12-4-3-7-17-9-12/h3-9,11,19H,10H2,1-2H3. The SMILES string of the molecule is CC(O)c1cc(Br)ccc1N(C)Cc1cccnc1. The molecule has 0 aliphatic heterocycles. The smallest absolute Gasteiger partial charge is 0.0782 e. The molecule has 2 aromatic rings. The zero-order valence-electron chi connectivity index (χ0n) is 11.0. The van der Waals surface area contributed by atoms with Crippen molar-refractivity contribution in [2.24, 2.45) is 0 Å². The van der Waals surface area contributed by atoms with Gasteiger partial charge in [0.05, 0.1) is 6.10 Å². The fraction of sp³-hybridized carbons (Fsp3) is 0.267. The van der Waals surface area contributed by atoms with Gasteiger partial charge in [0, 0.05) is 41.7 Å². The zero-order valence-corrected chi connectivity index (χ0v) is 12.6. The van der Waals surface area contributed by atoms with Crippen LogP contribution in [-0.4, -0.2) is 17.1 Å². The molecule has 0 aliphatic carbocycles. The van der Waals surface area contributed by atoms with Gasteiger partial charge in [-0.05, 0) is 36.8 Å². The monoisotopic (exact) mass is 320 g/mol. The molecule has 0 saturated heterocycles. The molecular formula is C15H17BrN2O. The number of rotatable bonds is 4. The minimum Gasteiger partial charge on any atom is -0.389 e. The van der Waals surface area contributed by atoms with Crippen molar-refractivity contribution >= 4 is 21.6 Å². The van der Waals surface area contributed by atoms with E-state index in [1.807, 2.05) is 43.6 Å². The molecule has 0 radical (unpaired) electrons. The van der Waals surface area contributed by atoms with E-state index in [0.717, 1.165) is 27.8 Å². The van der Waals surface area contributed by atoms with Crippen molar-refractivity contribution in [2.45, 2.75) is 19.6 Å². The van der Waals surface area contributed by atoms with E-state index in [0.29, 0.717) is 0 Å². The van der Waals surface area contributed by atoms with E-state index >= 15 is 0 Å². The van der Waals surface area contributed by atoms with Crippen molar-refractivity contribution in [3.63, 3.8) is 0 Å². The van der Waals surface area contributed by atoms with E-state index < -0.39 is 6.10 Å². The molecule has 0 bridgehead atoms. The van der Waals surface area contributed by atoms with E-state index in [-0.39, 0.29) is 0 Å². The Balaban J connectivity index is 2.26. The maximum atomic E-state index is 9.88. The highest BCUT2D eigenvalue weighted by Crippen LogP contribution is 2.29. The summed E-state index contributed by atoms with van der Waals surface area (Å²) in [5.74, 6) is 0. The van der Waals surface area contributed by atoms with E-state index in [2.05, 4.69) is 25.8 Å². The summed E-state index contributed by atoms with van der Waals surface area (Å²) in [7, 11) is 2.02. The van der Waals surface area contributed by atoms with Gasteiger partial charge in [0.1, 0.15) is 0 Å². The lowest BCUT2D eigenvalue weighted by Crippen LogP contribution is -2.18. The van der Waals surface area contributed by atoms with Gasteiger partial charge in [-0.25, -0.2) is 0 Å². The summed E-state index contributed by atoms with van der Waals surface area (Å²) in [6, 6.07) is 9.94. The van der Waals surface area contributed by atoms with Crippen molar-refractivity contribution in [2.75, 3.05) is 11.9 Å². The van der Waals surface area contributed by atoms with Gasteiger partial charge in [0.15, 0.2) is 0 Å². The lowest BCUT2D eigenvalue weighted by Gasteiger charge is -2.24. The summed E-state index contributed by atoms with van der Waals surface area (Å²) in [5.41, 5.74) is 3.09. The number of aliphatic hydroxyl groups is 1. The predicted octanol–water partition coefficient (Wildman–Crippen LogP) is 3.53. The van der Waals surface area contributed by atoms with Gasteiger partial charge in [-0.1, -0.05) is 22.0 Å². The molecule has 1 unspecified atom stereocenters. The third-order valence-electron chi connectivity index (χ3n) is 2.99. The summed E-state index contributed by atoms with van der Waals surface area (Å²) in [6.07, 6.45) is 3.13. The molecule has 1 atom stereocenters. The van der Waals surface area contributed by atoms with Crippen LogP contribution in [0.1, 0.15) is 24.2 Å². The van der Waals surface area contributed by atoms with Crippen LogP contribution < -0.4 is 4.90 Å². The molecule has 3 nitrogen and oxygen atoms in total. The number of anilines is 1. The first-order valence-corrected chi connectivity index (χ1v) is 6.95. The minimum absolute atomic E-state index is 0.496. The van der Waals surface area contributed by atoms with E-state index in [9.17, 15) is 5.11 Å². The highest BCUT2D eigenvalue weighted by molar-refractivity contribution is 9.10. The largest absolute Gasteiger partial charge is 0.389 e. The zero-order chi connectivity index (χ0) is 13.8. The first-order valence-electron chi connectivity index (χ1n) is 6.15. The van der Waals surface area contributed by atoms with Crippen molar-refractivity contribution in [3.8, 4) is 0 Å². The predicted molar refractivity (Wildman–Crippen MR) is 81.1 cm³/mol. The number of hydrogen-bond donors (Lipinski definition) is 1. The molecule has 1 heterocycles. The Morgan fingerprint density at radius 2 is 2.16 bits per heavy atom. The number of aromatic nitrogens is 1. The van der Waals surface area contributed by atoms with Gasteiger partial charge in [-0.3, -0.25) is 4.98 Å². The van der Waals surface area contributed by atoms with Crippen LogP contribution in [0, 0.1) is 0 Å². The summed E-state index contributed by atoms with van der Waals surface area (Å²) in [6.45, 7) is 2.54. The van der Waals surface area contributed by atoms with Gasteiger partial charge in [-0.15, -0.1) is 0 Å². The lowest BCUT2D eigenvalue weighted by atomic mass is 10.1. The van der Waals surface area contributed by atoms with Crippen molar-refractivity contribution < 1.29 is 5.11 Å². The third kappa shape index (κ3) is 3.55. The number of pyridine rings is 1. The third-order valence-corrected chi connectivity index (χ3v) is 3.49. The van der Waals surface area contributed by atoms with Crippen LogP contribution in [0.15, 0.2) is 47.2 Å². The molecule has 0 amide bonds. The van der Waals surface area contributed by atoms with E-state index in [1.165, 1.54) is 0 Å². The number of nitrogens with zero attached hydrogens (tertiary/aromatic N) is 2. The molecule has 1 N–H and O–H groups in total. The molecule has 0 saturated carbocycles. The Labute approximate surface area is 122 Å². The van der Waals surface area contributed by atoms with Crippen molar-refractivity contribution in [3.05, 3.63) is 58.3 Å². The minimum atomic E-state index is -0.496. The van der Waals surface area contributed by atoms with Crippen LogP contribution in [0.4, 0.5) is 5.69 Å². The molecule has 100 valence electrons. The quantitative estimate of drug-likeness (QED) is 0.936. The highest BCUT2D eigenvalue weighted by atomic mass is 79.9. The fourth-order valence-electron chi connectivity index (χ4n) is 2.06. The van der Waals surface area contributed by atoms with Crippen LogP contribution in [0.3, 0.4) is 0 Å². The first kappa shape index (κ1) is 14.0. The Hall–Kier alpha value is -1.39.